The highest BCUT2D eigenvalue weighted by atomic mass is 15.5. The van der Waals surface area contributed by atoms with E-state index in [4.69, 9.17) is 0 Å². The first-order valence-corrected chi connectivity index (χ1v) is 6.94. The molecular formula is C16H17N5. The van der Waals surface area contributed by atoms with Crippen LogP contribution in [0.3, 0.4) is 0 Å². The maximum atomic E-state index is 4.47. The summed E-state index contributed by atoms with van der Waals surface area (Å²) in [6, 6.07) is 16.0. The van der Waals surface area contributed by atoms with E-state index in [1.54, 1.807) is 17.2 Å². The van der Waals surface area contributed by atoms with Crippen molar-refractivity contribution in [2.45, 2.75) is 19.5 Å². The summed E-state index contributed by atoms with van der Waals surface area (Å²) in [6.07, 6.45) is 3.59. The molecule has 106 valence electrons. The van der Waals surface area contributed by atoms with Crippen LogP contribution in [0.4, 0.5) is 0 Å². The first-order chi connectivity index (χ1) is 10.3. The van der Waals surface area contributed by atoms with E-state index in [-0.39, 0.29) is 6.04 Å². The van der Waals surface area contributed by atoms with E-state index >= 15 is 0 Å². The van der Waals surface area contributed by atoms with Gasteiger partial charge in [-0.3, -0.25) is 4.98 Å². The van der Waals surface area contributed by atoms with Gasteiger partial charge in [-0.1, -0.05) is 24.3 Å². The molecule has 1 N–H and O–H groups in total. The quantitative estimate of drug-likeness (QED) is 0.779. The van der Waals surface area contributed by atoms with E-state index < -0.39 is 0 Å². The summed E-state index contributed by atoms with van der Waals surface area (Å²) < 4.78 is 0. The molecule has 0 saturated carbocycles. The zero-order valence-electron chi connectivity index (χ0n) is 11.8. The molecule has 3 rings (SSSR count). The molecular weight excluding hydrogens is 262 g/mol. The lowest BCUT2D eigenvalue weighted by Crippen LogP contribution is -2.19. The Kier molecular flexibility index (Phi) is 4.02. The fourth-order valence-electron chi connectivity index (χ4n) is 2.06. The third-order valence-corrected chi connectivity index (χ3v) is 3.25. The zero-order valence-corrected chi connectivity index (χ0v) is 11.8. The summed E-state index contributed by atoms with van der Waals surface area (Å²) in [6.45, 7) is 2.74. The standard InChI is InChI=1S/C16H17N5/c1-13(16-9-5-6-10-17-16)18-11-14-12-19-21(20-14)15-7-3-2-4-8-15/h2-10,12-13,18H,11H2,1H3. The highest BCUT2D eigenvalue weighted by Gasteiger charge is 2.07. The van der Waals surface area contributed by atoms with Gasteiger partial charge in [0.1, 0.15) is 0 Å². The number of aromatic nitrogens is 4. The van der Waals surface area contributed by atoms with Crippen LogP contribution in [-0.2, 0) is 6.54 Å². The van der Waals surface area contributed by atoms with E-state index in [1.165, 1.54) is 0 Å². The van der Waals surface area contributed by atoms with Gasteiger partial charge in [0.25, 0.3) is 0 Å². The highest BCUT2D eigenvalue weighted by molar-refractivity contribution is 5.28. The second-order valence-corrected chi connectivity index (χ2v) is 4.82. The molecule has 21 heavy (non-hydrogen) atoms. The number of hydrogen-bond donors (Lipinski definition) is 1. The van der Waals surface area contributed by atoms with Crippen molar-refractivity contribution in [2.75, 3.05) is 0 Å². The van der Waals surface area contributed by atoms with Crippen LogP contribution in [0.1, 0.15) is 24.4 Å². The number of nitrogens with zero attached hydrogens (tertiary/aromatic N) is 4. The van der Waals surface area contributed by atoms with Crippen LogP contribution < -0.4 is 5.32 Å². The second kappa shape index (κ2) is 6.28. The molecule has 1 unspecified atom stereocenters. The van der Waals surface area contributed by atoms with Gasteiger partial charge in [0.05, 0.1) is 23.3 Å². The third kappa shape index (κ3) is 3.32. The Balaban J connectivity index is 1.63. The van der Waals surface area contributed by atoms with Gasteiger partial charge in [0, 0.05) is 18.8 Å². The second-order valence-electron chi connectivity index (χ2n) is 4.82. The monoisotopic (exact) mass is 279 g/mol. The molecule has 1 atom stereocenters. The topological polar surface area (TPSA) is 55.6 Å². The first kappa shape index (κ1) is 13.5. The molecule has 0 radical (unpaired) electrons. The molecule has 5 heteroatoms. The lowest BCUT2D eigenvalue weighted by atomic mass is 10.2. The number of pyridine rings is 1. The van der Waals surface area contributed by atoms with Gasteiger partial charge in [-0.2, -0.15) is 15.0 Å². The summed E-state index contributed by atoms with van der Waals surface area (Å²) in [4.78, 5) is 5.98. The van der Waals surface area contributed by atoms with Crippen LogP contribution in [0.15, 0.2) is 60.9 Å². The molecule has 0 fully saturated rings. The lowest BCUT2D eigenvalue weighted by Gasteiger charge is -2.11. The molecule has 0 bridgehead atoms. The van der Waals surface area contributed by atoms with Crippen LogP contribution in [0, 0.1) is 0 Å². The molecule has 5 nitrogen and oxygen atoms in total. The fraction of sp³-hybridized carbons (Fsp3) is 0.188. The average molecular weight is 279 g/mol. The van der Waals surface area contributed by atoms with E-state index in [2.05, 4.69) is 27.4 Å². The zero-order chi connectivity index (χ0) is 14.5. The Morgan fingerprint density at radius 3 is 2.67 bits per heavy atom. The number of nitrogens with one attached hydrogen (secondary N) is 1. The fourth-order valence-corrected chi connectivity index (χ4v) is 2.06. The SMILES string of the molecule is CC(NCc1cnn(-c2ccccc2)n1)c1ccccn1. The summed E-state index contributed by atoms with van der Waals surface area (Å²) in [5.41, 5.74) is 2.89. The maximum Gasteiger partial charge on any atom is 0.0969 e. The molecule has 3 aromatic rings. The Labute approximate surface area is 123 Å². The molecule has 0 saturated heterocycles. The van der Waals surface area contributed by atoms with Gasteiger partial charge in [-0.15, -0.1) is 0 Å². The summed E-state index contributed by atoms with van der Waals surface area (Å²) >= 11 is 0. The van der Waals surface area contributed by atoms with E-state index in [1.807, 2.05) is 48.5 Å². The molecule has 0 amide bonds. The predicted octanol–water partition coefficient (Wildman–Crippen LogP) is 2.51. The van der Waals surface area contributed by atoms with Crippen LogP contribution >= 0.6 is 0 Å². The van der Waals surface area contributed by atoms with Crippen molar-refractivity contribution in [3.05, 3.63) is 72.3 Å². The Morgan fingerprint density at radius 2 is 1.90 bits per heavy atom. The van der Waals surface area contributed by atoms with Gasteiger partial charge in [0.15, 0.2) is 0 Å². The first-order valence-electron chi connectivity index (χ1n) is 6.94. The average Bonchev–Trinajstić information content (AvgIpc) is 3.03. The smallest absolute Gasteiger partial charge is 0.0969 e. The normalized spacial score (nSPS) is 12.2. The predicted molar refractivity (Wildman–Crippen MR) is 80.9 cm³/mol. The van der Waals surface area contributed by atoms with Gasteiger partial charge < -0.3 is 5.32 Å². The lowest BCUT2D eigenvalue weighted by molar-refractivity contribution is 0.552. The Bertz CT molecular complexity index is 678. The molecule has 0 aliphatic carbocycles. The minimum Gasteiger partial charge on any atom is -0.303 e. The Morgan fingerprint density at radius 1 is 1.10 bits per heavy atom. The molecule has 2 heterocycles. The molecule has 2 aromatic heterocycles. The summed E-state index contributed by atoms with van der Waals surface area (Å²) in [5, 5.41) is 12.2. The largest absolute Gasteiger partial charge is 0.303 e. The van der Waals surface area contributed by atoms with Crippen molar-refractivity contribution in [2.24, 2.45) is 0 Å². The minimum absolute atomic E-state index is 0.174. The number of para-hydroxylation sites is 1. The summed E-state index contributed by atoms with van der Waals surface area (Å²) in [5.74, 6) is 0. The Hall–Kier alpha value is -2.53. The molecule has 1 aromatic carbocycles. The van der Waals surface area contributed by atoms with Crippen LogP contribution in [-0.4, -0.2) is 20.0 Å². The van der Waals surface area contributed by atoms with Crippen molar-refractivity contribution in [1.82, 2.24) is 25.3 Å². The van der Waals surface area contributed by atoms with Gasteiger partial charge in [-0.05, 0) is 31.2 Å². The summed E-state index contributed by atoms with van der Waals surface area (Å²) in [7, 11) is 0. The van der Waals surface area contributed by atoms with Crippen LogP contribution in [0.2, 0.25) is 0 Å². The highest BCUT2D eigenvalue weighted by Crippen LogP contribution is 2.09. The molecule has 0 spiro atoms. The van der Waals surface area contributed by atoms with Crippen molar-refractivity contribution in [1.29, 1.82) is 0 Å². The van der Waals surface area contributed by atoms with Gasteiger partial charge >= 0.3 is 0 Å². The van der Waals surface area contributed by atoms with Crippen LogP contribution in [0.5, 0.6) is 0 Å². The minimum atomic E-state index is 0.174. The van der Waals surface area contributed by atoms with Crippen molar-refractivity contribution >= 4 is 0 Å². The van der Waals surface area contributed by atoms with Gasteiger partial charge in [-0.25, -0.2) is 0 Å². The van der Waals surface area contributed by atoms with Crippen molar-refractivity contribution in [3.63, 3.8) is 0 Å². The number of benzene rings is 1. The van der Waals surface area contributed by atoms with Crippen molar-refractivity contribution < 1.29 is 0 Å². The third-order valence-electron chi connectivity index (χ3n) is 3.25. The van der Waals surface area contributed by atoms with E-state index in [9.17, 15) is 0 Å². The van der Waals surface area contributed by atoms with Crippen LogP contribution in [0.25, 0.3) is 5.69 Å². The molecule has 0 aliphatic heterocycles. The maximum absolute atomic E-state index is 4.47. The van der Waals surface area contributed by atoms with Crippen molar-refractivity contribution in [3.8, 4) is 5.69 Å². The van der Waals surface area contributed by atoms with Gasteiger partial charge in [0.2, 0.25) is 0 Å². The van der Waals surface area contributed by atoms with E-state index in [0.717, 1.165) is 17.1 Å². The molecule has 0 aliphatic rings. The number of rotatable bonds is 5. The van der Waals surface area contributed by atoms with E-state index in [0.29, 0.717) is 6.54 Å². The number of hydrogen-bond acceptors (Lipinski definition) is 4.